The number of carbonyl (C=O) groups is 1. The number of nitriles is 1. The lowest BCUT2D eigenvalue weighted by Crippen LogP contribution is -2.42. The molecule has 1 aromatic carbocycles. The van der Waals surface area contributed by atoms with Gasteiger partial charge in [0.05, 0.1) is 24.1 Å². The first-order valence-electron chi connectivity index (χ1n) is 9.26. The summed E-state index contributed by atoms with van der Waals surface area (Å²) in [6.45, 7) is 4.49. The lowest BCUT2D eigenvalue weighted by molar-refractivity contribution is -0.116. The molecule has 0 fully saturated rings. The van der Waals surface area contributed by atoms with E-state index in [-0.39, 0.29) is 35.5 Å². The first-order valence-corrected chi connectivity index (χ1v) is 10.4. The van der Waals surface area contributed by atoms with Gasteiger partial charge < -0.3 is 10.6 Å². The van der Waals surface area contributed by atoms with Crippen molar-refractivity contribution in [2.75, 3.05) is 28.7 Å². The number of nitrogens with zero attached hydrogens (tertiary/aromatic N) is 3. The summed E-state index contributed by atoms with van der Waals surface area (Å²) in [6.07, 6.45) is 0.658. The smallest absolute Gasteiger partial charge is 0.330 e. The van der Waals surface area contributed by atoms with E-state index in [0.717, 1.165) is 5.56 Å². The van der Waals surface area contributed by atoms with Crippen LogP contribution in [0.25, 0.3) is 0 Å². The molecule has 0 spiro atoms. The number of nitrogen functional groups attached to an aromatic ring is 1. The first-order chi connectivity index (χ1) is 13.8. The van der Waals surface area contributed by atoms with E-state index in [9.17, 15) is 14.4 Å². The monoisotopic (exact) mass is 415 g/mol. The molecule has 0 aliphatic rings. The van der Waals surface area contributed by atoms with Crippen molar-refractivity contribution in [3.63, 3.8) is 0 Å². The second-order valence-electron chi connectivity index (χ2n) is 6.94. The standard InChI is InChI=1S/C20H25N5O3S/c1-14(2)8-10-24(16(26)13-29-11-9-21)17-18(22)25(20(28)23-19(17)27)12-15-6-4-3-5-7-15/h3-7,14H,8,10-13,22H2,1-2H3,(H,23,27,28). The molecular formula is C20H25N5O3S. The van der Waals surface area contributed by atoms with Crippen LogP contribution >= 0.6 is 11.8 Å². The van der Waals surface area contributed by atoms with Crippen molar-refractivity contribution in [3.05, 3.63) is 56.7 Å². The SMILES string of the molecule is CC(C)CCN(C(=O)CSCC#N)c1c(N)n(Cc2ccccc2)c(=O)[nH]c1=O. The molecule has 29 heavy (non-hydrogen) atoms. The Labute approximate surface area is 173 Å². The molecule has 2 aromatic rings. The maximum Gasteiger partial charge on any atom is 0.330 e. The molecule has 0 atom stereocenters. The van der Waals surface area contributed by atoms with E-state index < -0.39 is 11.2 Å². The van der Waals surface area contributed by atoms with Crippen LogP contribution in [0.15, 0.2) is 39.9 Å². The number of benzene rings is 1. The molecule has 1 aromatic heterocycles. The molecule has 0 saturated carbocycles. The van der Waals surface area contributed by atoms with Gasteiger partial charge in [-0.15, -0.1) is 11.8 Å². The second-order valence-corrected chi connectivity index (χ2v) is 7.93. The van der Waals surface area contributed by atoms with E-state index in [1.54, 1.807) is 0 Å². The van der Waals surface area contributed by atoms with Gasteiger partial charge in [-0.3, -0.25) is 19.1 Å². The number of rotatable bonds is 9. The summed E-state index contributed by atoms with van der Waals surface area (Å²) in [5, 5.41) is 8.70. The van der Waals surface area contributed by atoms with Crippen LogP contribution in [0.4, 0.5) is 11.5 Å². The van der Waals surface area contributed by atoms with Crippen molar-refractivity contribution in [2.45, 2.75) is 26.8 Å². The predicted octanol–water partition coefficient (Wildman–Crippen LogP) is 1.80. The van der Waals surface area contributed by atoms with Gasteiger partial charge in [-0.2, -0.15) is 5.26 Å². The van der Waals surface area contributed by atoms with Crippen molar-refractivity contribution >= 4 is 29.2 Å². The van der Waals surface area contributed by atoms with Crippen LogP contribution in [0.3, 0.4) is 0 Å². The zero-order valence-corrected chi connectivity index (χ0v) is 17.4. The summed E-state index contributed by atoms with van der Waals surface area (Å²) in [7, 11) is 0. The Kier molecular flexibility index (Phi) is 8.09. The molecule has 2 rings (SSSR count). The Morgan fingerprint density at radius 1 is 1.31 bits per heavy atom. The molecule has 0 unspecified atom stereocenters. The predicted molar refractivity (Wildman–Crippen MR) is 116 cm³/mol. The molecule has 0 saturated heterocycles. The van der Waals surface area contributed by atoms with Gasteiger partial charge >= 0.3 is 5.69 Å². The van der Waals surface area contributed by atoms with Gasteiger partial charge in [0, 0.05) is 6.54 Å². The zero-order chi connectivity index (χ0) is 21.4. The number of nitrogens with one attached hydrogen (secondary N) is 1. The second kappa shape index (κ2) is 10.5. The molecule has 0 radical (unpaired) electrons. The van der Waals surface area contributed by atoms with Crippen molar-refractivity contribution in [2.24, 2.45) is 5.92 Å². The number of aromatic nitrogens is 2. The summed E-state index contributed by atoms with van der Waals surface area (Å²) < 4.78 is 1.25. The van der Waals surface area contributed by atoms with E-state index in [1.165, 1.54) is 21.2 Å². The van der Waals surface area contributed by atoms with Crippen molar-refractivity contribution < 1.29 is 4.79 Å². The van der Waals surface area contributed by atoms with Gasteiger partial charge in [-0.05, 0) is 17.9 Å². The molecule has 0 aliphatic heterocycles. The molecule has 1 heterocycles. The Bertz CT molecular complexity index is 992. The van der Waals surface area contributed by atoms with E-state index in [0.29, 0.717) is 18.9 Å². The van der Waals surface area contributed by atoms with Crippen LogP contribution in [0.2, 0.25) is 0 Å². The number of anilines is 2. The minimum Gasteiger partial charge on any atom is -0.383 e. The number of thioether (sulfide) groups is 1. The normalized spacial score (nSPS) is 10.7. The lowest BCUT2D eigenvalue weighted by atomic mass is 10.1. The number of H-pyrrole nitrogens is 1. The van der Waals surface area contributed by atoms with Crippen LogP contribution < -0.4 is 21.9 Å². The third-order valence-electron chi connectivity index (χ3n) is 4.29. The van der Waals surface area contributed by atoms with Gasteiger partial charge in [-0.25, -0.2) is 4.79 Å². The zero-order valence-electron chi connectivity index (χ0n) is 16.6. The average Bonchev–Trinajstić information content (AvgIpc) is 2.68. The summed E-state index contributed by atoms with van der Waals surface area (Å²) in [5.41, 5.74) is 5.71. The fraction of sp³-hybridized carbons (Fsp3) is 0.400. The highest BCUT2D eigenvalue weighted by molar-refractivity contribution is 8.00. The maximum atomic E-state index is 12.8. The van der Waals surface area contributed by atoms with Crippen LogP contribution in [-0.4, -0.2) is 33.5 Å². The van der Waals surface area contributed by atoms with E-state index in [1.807, 2.05) is 50.2 Å². The molecule has 1 amide bonds. The highest BCUT2D eigenvalue weighted by Crippen LogP contribution is 2.20. The fourth-order valence-corrected chi connectivity index (χ4v) is 3.30. The van der Waals surface area contributed by atoms with E-state index in [4.69, 9.17) is 11.0 Å². The topological polar surface area (TPSA) is 125 Å². The Balaban J connectivity index is 2.47. The van der Waals surface area contributed by atoms with Gasteiger partial charge in [0.2, 0.25) is 5.91 Å². The first kappa shape index (κ1) is 22.3. The van der Waals surface area contributed by atoms with Crippen LogP contribution in [0.5, 0.6) is 0 Å². The average molecular weight is 416 g/mol. The van der Waals surface area contributed by atoms with Crippen molar-refractivity contribution in [3.8, 4) is 6.07 Å². The number of hydrogen-bond acceptors (Lipinski definition) is 6. The molecular weight excluding hydrogens is 390 g/mol. The number of hydrogen-bond donors (Lipinski definition) is 2. The third kappa shape index (κ3) is 5.99. The van der Waals surface area contributed by atoms with Gasteiger partial charge in [0.1, 0.15) is 5.82 Å². The van der Waals surface area contributed by atoms with Gasteiger partial charge in [0.15, 0.2) is 5.69 Å². The fourth-order valence-electron chi connectivity index (χ4n) is 2.77. The Morgan fingerprint density at radius 2 is 2.00 bits per heavy atom. The minimum absolute atomic E-state index is 0.0243. The van der Waals surface area contributed by atoms with Crippen LogP contribution in [-0.2, 0) is 11.3 Å². The van der Waals surface area contributed by atoms with Gasteiger partial charge in [0.25, 0.3) is 5.56 Å². The summed E-state index contributed by atoms with van der Waals surface area (Å²) in [4.78, 5) is 41.4. The maximum absolute atomic E-state index is 12.8. The lowest BCUT2D eigenvalue weighted by Gasteiger charge is -2.25. The van der Waals surface area contributed by atoms with Crippen molar-refractivity contribution in [1.29, 1.82) is 5.26 Å². The highest BCUT2D eigenvalue weighted by atomic mass is 32.2. The third-order valence-corrected chi connectivity index (χ3v) is 5.08. The van der Waals surface area contributed by atoms with Crippen molar-refractivity contribution in [1.82, 2.24) is 9.55 Å². The van der Waals surface area contributed by atoms with Crippen LogP contribution in [0, 0.1) is 17.2 Å². The number of amides is 1. The van der Waals surface area contributed by atoms with Crippen LogP contribution in [0.1, 0.15) is 25.8 Å². The largest absolute Gasteiger partial charge is 0.383 e. The van der Waals surface area contributed by atoms with E-state index in [2.05, 4.69) is 4.98 Å². The van der Waals surface area contributed by atoms with E-state index >= 15 is 0 Å². The molecule has 9 heteroatoms. The molecule has 154 valence electrons. The molecule has 0 bridgehead atoms. The molecule has 8 nitrogen and oxygen atoms in total. The number of nitrogens with two attached hydrogens (primary N) is 1. The quantitative estimate of drug-likeness (QED) is 0.602. The highest BCUT2D eigenvalue weighted by Gasteiger charge is 2.24. The number of carbonyl (C=O) groups excluding carboxylic acids is 1. The molecule has 3 N–H and O–H groups in total. The number of aromatic amines is 1. The molecule has 0 aliphatic carbocycles. The Morgan fingerprint density at radius 3 is 2.62 bits per heavy atom. The summed E-state index contributed by atoms with van der Waals surface area (Å²) in [6, 6.07) is 11.2. The summed E-state index contributed by atoms with van der Waals surface area (Å²) in [5.74, 6) is 0.136. The minimum atomic E-state index is -0.695. The van der Waals surface area contributed by atoms with Gasteiger partial charge in [-0.1, -0.05) is 44.2 Å². The summed E-state index contributed by atoms with van der Waals surface area (Å²) >= 11 is 1.17. The Hall–Kier alpha value is -2.99.